The summed E-state index contributed by atoms with van der Waals surface area (Å²) in [5.74, 6) is 2.03. The second-order valence-corrected chi connectivity index (χ2v) is 15.2. The third-order valence-corrected chi connectivity index (χ3v) is 11.6. The van der Waals surface area contributed by atoms with E-state index < -0.39 is 0 Å². The standard InChI is InChI=1S/C49H37N3/c1-48(2)39-22-9-7-17-35(39)43-37(20-12-24-41(43)48)46-50-45(32-28-26-31(27-29-32)34-19-11-15-30-14-5-6-16-33(30)34)51-47(52-46)38-21-13-25-42-44(38)36-18-8-10-23-40(36)49(42,3)4/h5-29H,1-4H3. The predicted octanol–water partition coefficient (Wildman–Crippen LogP) is 12.3. The van der Waals surface area contributed by atoms with Gasteiger partial charge in [0.05, 0.1) is 0 Å². The summed E-state index contributed by atoms with van der Waals surface area (Å²) in [4.78, 5) is 16.0. The van der Waals surface area contributed by atoms with Crippen LogP contribution in [0.5, 0.6) is 0 Å². The van der Waals surface area contributed by atoms with Gasteiger partial charge in [-0.25, -0.2) is 15.0 Å². The van der Waals surface area contributed by atoms with E-state index in [4.69, 9.17) is 15.0 Å². The van der Waals surface area contributed by atoms with Gasteiger partial charge >= 0.3 is 0 Å². The quantitative estimate of drug-likeness (QED) is 0.187. The van der Waals surface area contributed by atoms with Gasteiger partial charge in [0.1, 0.15) is 0 Å². The van der Waals surface area contributed by atoms with Gasteiger partial charge in [0, 0.05) is 27.5 Å². The fraction of sp³-hybridized carbons (Fsp3) is 0.122. The molecule has 52 heavy (non-hydrogen) atoms. The first-order valence-electron chi connectivity index (χ1n) is 18.1. The molecule has 248 valence electrons. The normalized spacial score (nSPS) is 14.5. The van der Waals surface area contributed by atoms with Crippen LogP contribution in [0, 0.1) is 0 Å². The molecule has 10 rings (SSSR count). The van der Waals surface area contributed by atoms with E-state index in [0.29, 0.717) is 17.5 Å². The molecule has 0 saturated heterocycles. The van der Waals surface area contributed by atoms with Crippen molar-refractivity contribution in [2.75, 3.05) is 0 Å². The number of nitrogens with zero attached hydrogens (tertiary/aromatic N) is 3. The summed E-state index contributed by atoms with van der Waals surface area (Å²) >= 11 is 0. The molecule has 0 unspecified atom stereocenters. The summed E-state index contributed by atoms with van der Waals surface area (Å²) in [6.07, 6.45) is 0. The summed E-state index contributed by atoms with van der Waals surface area (Å²) in [6, 6.07) is 54.5. The Morgan fingerprint density at radius 1 is 0.327 bits per heavy atom. The number of benzene rings is 7. The molecule has 0 bridgehead atoms. The Morgan fingerprint density at radius 2 is 0.731 bits per heavy atom. The number of hydrogen-bond acceptors (Lipinski definition) is 3. The van der Waals surface area contributed by atoms with Crippen molar-refractivity contribution in [3.63, 3.8) is 0 Å². The molecule has 3 heteroatoms. The van der Waals surface area contributed by atoms with Crippen LogP contribution in [0.25, 0.3) is 78.3 Å². The van der Waals surface area contributed by atoms with Crippen molar-refractivity contribution < 1.29 is 0 Å². The van der Waals surface area contributed by atoms with Crippen LogP contribution in [-0.2, 0) is 10.8 Å². The Labute approximate surface area is 304 Å². The van der Waals surface area contributed by atoms with E-state index >= 15 is 0 Å². The minimum absolute atomic E-state index is 0.131. The molecule has 2 aliphatic carbocycles. The van der Waals surface area contributed by atoms with Crippen LogP contribution in [0.4, 0.5) is 0 Å². The van der Waals surface area contributed by atoms with Gasteiger partial charge in [0.25, 0.3) is 0 Å². The molecule has 3 nitrogen and oxygen atoms in total. The lowest BCUT2D eigenvalue weighted by Gasteiger charge is -2.21. The Hall–Kier alpha value is -6.19. The van der Waals surface area contributed by atoms with E-state index in [-0.39, 0.29) is 10.8 Å². The highest BCUT2D eigenvalue weighted by Gasteiger charge is 2.39. The molecule has 0 spiro atoms. The molecule has 8 aromatic rings. The molecule has 1 heterocycles. The Bertz CT molecular complexity index is 2600. The first-order valence-corrected chi connectivity index (χ1v) is 18.1. The van der Waals surface area contributed by atoms with Crippen LogP contribution in [0.15, 0.2) is 152 Å². The van der Waals surface area contributed by atoms with Gasteiger partial charge in [0.15, 0.2) is 17.5 Å². The number of aromatic nitrogens is 3. The SMILES string of the molecule is CC1(C)c2ccccc2-c2c(-c3nc(-c4ccc(-c5cccc6ccccc56)cc4)nc(-c4cccc5c4-c4ccccc4C5(C)C)n3)cccc21. The highest BCUT2D eigenvalue weighted by molar-refractivity contribution is 5.97. The minimum atomic E-state index is -0.131. The van der Waals surface area contributed by atoms with E-state index in [2.05, 4.69) is 179 Å². The minimum Gasteiger partial charge on any atom is -0.208 e. The lowest BCUT2D eigenvalue weighted by atomic mass is 9.82. The van der Waals surface area contributed by atoms with Crippen LogP contribution >= 0.6 is 0 Å². The summed E-state index contributed by atoms with van der Waals surface area (Å²) in [5.41, 5.74) is 15.3. The number of hydrogen-bond donors (Lipinski definition) is 0. The van der Waals surface area contributed by atoms with Crippen molar-refractivity contribution in [1.29, 1.82) is 0 Å². The summed E-state index contributed by atoms with van der Waals surface area (Å²) < 4.78 is 0. The van der Waals surface area contributed by atoms with Gasteiger partial charge in [-0.2, -0.15) is 0 Å². The van der Waals surface area contributed by atoms with Gasteiger partial charge in [-0.3, -0.25) is 0 Å². The van der Waals surface area contributed by atoms with Gasteiger partial charge in [-0.05, 0) is 66.4 Å². The molecule has 0 atom stereocenters. The summed E-state index contributed by atoms with van der Waals surface area (Å²) in [6.45, 7) is 9.26. The molecule has 0 aliphatic heterocycles. The van der Waals surface area contributed by atoms with Gasteiger partial charge in [0.2, 0.25) is 0 Å². The molecule has 7 aromatic carbocycles. The molecule has 0 radical (unpaired) electrons. The van der Waals surface area contributed by atoms with Crippen LogP contribution in [-0.4, -0.2) is 15.0 Å². The molecule has 1 aromatic heterocycles. The predicted molar refractivity (Wildman–Crippen MR) is 214 cm³/mol. The van der Waals surface area contributed by atoms with Crippen LogP contribution in [0.1, 0.15) is 49.9 Å². The molecule has 0 amide bonds. The number of fused-ring (bicyclic) bond motifs is 7. The average molecular weight is 668 g/mol. The van der Waals surface area contributed by atoms with Crippen LogP contribution < -0.4 is 0 Å². The lowest BCUT2D eigenvalue weighted by Crippen LogP contribution is -2.15. The first-order chi connectivity index (χ1) is 25.3. The Morgan fingerprint density at radius 3 is 1.33 bits per heavy atom. The van der Waals surface area contributed by atoms with E-state index in [1.807, 2.05) is 0 Å². The zero-order valence-electron chi connectivity index (χ0n) is 29.8. The maximum Gasteiger partial charge on any atom is 0.164 e. The zero-order valence-corrected chi connectivity index (χ0v) is 29.8. The van der Waals surface area contributed by atoms with Crippen LogP contribution in [0.3, 0.4) is 0 Å². The molecule has 0 N–H and O–H groups in total. The van der Waals surface area contributed by atoms with Crippen molar-refractivity contribution in [1.82, 2.24) is 15.0 Å². The van der Waals surface area contributed by atoms with E-state index in [1.54, 1.807) is 0 Å². The molecular formula is C49H37N3. The van der Waals surface area contributed by atoms with Crippen LogP contribution in [0.2, 0.25) is 0 Å². The van der Waals surface area contributed by atoms with Gasteiger partial charge in [-0.15, -0.1) is 0 Å². The van der Waals surface area contributed by atoms with Crippen molar-refractivity contribution >= 4 is 10.8 Å². The van der Waals surface area contributed by atoms with Crippen molar-refractivity contribution in [3.8, 4) is 67.5 Å². The Balaban J connectivity index is 1.20. The fourth-order valence-electron chi connectivity index (χ4n) is 8.90. The first kappa shape index (κ1) is 30.6. The van der Waals surface area contributed by atoms with E-state index in [9.17, 15) is 0 Å². The maximum absolute atomic E-state index is 5.37. The average Bonchev–Trinajstić information content (AvgIpc) is 3.57. The van der Waals surface area contributed by atoms with Crippen molar-refractivity contribution in [2.24, 2.45) is 0 Å². The highest BCUT2D eigenvalue weighted by Crippen LogP contribution is 2.53. The molecular weight excluding hydrogens is 631 g/mol. The third-order valence-electron chi connectivity index (χ3n) is 11.6. The maximum atomic E-state index is 5.37. The van der Waals surface area contributed by atoms with E-state index in [1.165, 1.54) is 60.8 Å². The van der Waals surface area contributed by atoms with Crippen molar-refractivity contribution in [2.45, 2.75) is 38.5 Å². The molecule has 0 saturated carbocycles. The fourth-order valence-corrected chi connectivity index (χ4v) is 8.90. The van der Waals surface area contributed by atoms with Crippen molar-refractivity contribution in [3.05, 3.63) is 174 Å². The largest absolute Gasteiger partial charge is 0.208 e. The van der Waals surface area contributed by atoms with E-state index in [0.717, 1.165) is 22.3 Å². The summed E-state index contributed by atoms with van der Waals surface area (Å²) in [7, 11) is 0. The smallest absolute Gasteiger partial charge is 0.164 e. The van der Waals surface area contributed by atoms with Gasteiger partial charge < -0.3 is 0 Å². The highest BCUT2D eigenvalue weighted by atomic mass is 15.0. The summed E-state index contributed by atoms with van der Waals surface area (Å²) in [5, 5.41) is 2.47. The zero-order chi connectivity index (χ0) is 35.2. The second kappa shape index (κ2) is 11.2. The monoisotopic (exact) mass is 667 g/mol. The molecule has 2 aliphatic rings. The molecule has 0 fully saturated rings. The Kier molecular flexibility index (Phi) is 6.57. The second-order valence-electron chi connectivity index (χ2n) is 15.2. The number of rotatable bonds is 4. The third kappa shape index (κ3) is 4.42. The topological polar surface area (TPSA) is 38.7 Å². The van der Waals surface area contributed by atoms with Gasteiger partial charge in [-0.1, -0.05) is 179 Å². The lowest BCUT2D eigenvalue weighted by molar-refractivity contribution is 0.660.